The second-order valence-corrected chi connectivity index (χ2v) is 6.01. The lowest BCUT2D eigenvalue weighted by molar-refractivity contribution is -0.117. The number of nitrogens with zero attached hydrogens (tertiary/aromatic N) is 2. The normalized spacial score (nSPS) is 11.4. The molecule has 0 aliphatic carbocycles. The van der Waals surface area contributed by atoms with Gasteiger partial charge in [0, 0.05) is 47.2 Å². The summed E-state index contributed by atoms with van der Waals surface area (Å²) in [6.45, 7) is 2.17. The number of fused-ring (bicyclic) bond motifs is 2. The molecule has 2 aromatic heterocycles. The molecular weight excluding hydrogens is 305 g/mol. The average Bonchev–Trinajstić information content (AvgIpc) is 3.14. The summed E-state index contributed by atoms with van der Waals surface area (Å²) in [5, 5.41) is 6.49. The number of nitrogens with one attached hydrogen (secondary N) is 1. The van der Waals surface area contributed by atoms with Gasteiger partial charge in [-0.15, -0.1) is 0 Å². The van der Waals surface area contributed by atoms with Crippen molar-refractivity contribution in [1.29, 1.82) is 0 Å². The Morgan fingerprint density at radius 1 is 1.25 bits per heavy atom. The molecule has 24 heavy (non-hydrogen) atoms. The van der Waals surface area contributed by atoms with Crippen molar-refractivity contribution in [3.8, 4) is 11.1 Å². The first-order chi connectivity index (χ1) is 11.6. The third-order valence-electron chi connectivity index (χ3n) is 4.20. The zero-order chi connectivity index (χ0) is 16.7. The van der Waals surface area contributed by atoms with Crippen LogP contribution in [0.15, 0.2) is 48.8 Å². The zero-order valence-electron chi connectivity index (χ0n) is 13.2. The number of ketones is 1. The lowest BCUT2D eigenvalue weighted by Gasteiger charge is -2.00. The lowest BCUT2D eigenvalue weighted by Crippen LogP contribution is -2.02. The maximum atomic E-state index is 13.3. The van der Waals surface area contributed by atoms with E-state index in [9.17, 15) is 9.18 Å². The van der Waals surface area contributed by atoms with E-state index in [1.165, 1.54) is 12.1 Å². The predicted molar refractivity (Wildman–Crippen MR) is 92.3 cm³/mol. The molecule has 0 aliphatic rings. The number of aromatic amines is 1. The molecule has 0 radical (unpaired) electrons. The van der Waals surface area contributed by atoms with Gasteiger partial charge in [-0.3, -0.25) is 9.48 Å². The van der Waals surface area contributed by atoms with E-state index in [0.717, 1.165) is 32.9 Å². The topological polar surface area (TPSA) is 50.7 Å². The summed E-state index contributed by atoms with van der Waals surface area (Å²) in [4.78, 5) is 14.2. The molecule has 120 valence electrons. The first-order valence-corrected chi connectivity index (χ1v) is 7.84. The van der Waals surface area contributed by atoms with E-state index < -0.39 is 0 Å². The number of Topliss-reactive ketones (excluding diaryl/α,β-unsaturated/α-hetero) is 1. The fourth-order valence-corrected chi connectivity index (χ4v) is 2.97. The Labute approximate surface area is 137 Å². The molecule has 2 aromatic carbocycles. The van der Waals surface area contributed by atoms with E-state index in [1.54, 1.807) is 17.7 Å². The average molecular weight is 321 g/mol. The summed E-state index contributed by atoms with van der Waals surface area (Å²) in [5.74, 6) is -0.0978. The highest BCUT2D eigenvalue weighted by atomic mass is 19.1. The molecule has 0 saturated heterocycles. The summed E-state index contributed by atoms with van der Waals surface area (Å²) < 4.78 is 15.1. The van der Waals surface area contributed by atoms with Crippen LogP contribution in [0.1, 0.15) is 13.3 Å². The molecule has 4 nitrogen and oxygen atoms in total. The second kappa shape index (κ2) is 5.60. The summed E-state index contributed by atoms with van der Waals surface area (Å²) >= 11 is 0. The van der Waals surface area contributed by atoms with Crippen molar-refractivity contribution in [3.05, 3.63) is 54.6 Å². The molecule has 0 amide bonds. The number of carbonyl (C=O) groups excluding carboxylic acids is 1. The number of rotatable bonds is 4. The molecular formula is C19H16FN3O. The number of aromatic nitrogens is 3. The van der Waals surface area contributed by atoms with E-state index >= 15 is 0 Å². The number of carbonyl (C=O) groups is 1. The number of aryl methyl sites for hydroxylation is 1. The Morgan fingerprint density at radius 3 is 2.96 bits per heavy atom. The molecule has 0 bridgehead atoms. The Bertz CT molecular complexity index is 1060. The van der Waals surface area contributed by atoms with Gasteiger partial charge < -0.3 is 4.98 Å². The molecule has 0 fully saturated rings. The van der Waals surface area contributed by atoms with Crippen LogP contribution in [0.2, 0.25) is 0 Å². The van der Waals surface area contributed by atoms with Gasteiger partial charge in [-0.1, -0.05) is 6.07 Å². The highest BCUT2D eigenvalue weighted by molar-refractivity contribution is 5.97. The molecule has 5 heteroatoms. The smallest absolute Gasteiger partial charge is 0.131 e. The van der Waals surface area contributed by atoms with Crippen molar-refractivity contribution in [2.24, 2.45) is 0 Å². The Morgan fingerprint density at radius 2 is 2.12 bits per heavy atom. The molecule has 0 saturated carbocycles. The largest absolute Gasteiger partial charge is 0.360 e. The highest BCUT2D eigenvalue weighted by Crippen LogP contribution is 2.30. The summed E-state index contributed by atoms with van der Waals surface area (Å²) in [5.41, 5.74) is 3.75. The van der Waals surface area contributed by atoms with E-state index in [1.807, 2.05) is 24.5 Å². The van der Waals surface area contributed by atoms with E-state index in [0.29, 0.717) is 13.0 Å². The third kappa shape index (κ3) is 2.58. The van der Waals surface area contributed by atoms with Crippen LogP contribution in [0.4, 0.5) is 4.39 Å². The number of benzene rings is 2. The SMILES string of the molecule is CC(=O)CCn1cc2cc(-c3c[nH]c4cc(F)ccc34)ccc2n1. The molecule has 4 aromatic rings. The van der Waals surface area contributed by atoms with Gasteiger partial charge >= 0.3 is 0 Å². The minimum absolute atomic E-state index is 0.154. The molecule has 0 spiro atoms. The van der Waals surface area contributed by atoms with Crippen molar-refractivity contribution in [1.82, 2.24) is 14.8 Å². The predicted octanol–water partition coefficient (Wildman–Crippen LogP) is 4.30. The van der Waals surface area contributed by atoms with Gasteiger partial charge in [-0.25, -0.2) is 4.39 Å². The molecule has 4 rings (SSSR count). The van der Waals surface area contributed by atoms with Gasteiger partial charge in [0.25, 0.3) is 0 Å². The van der Waals surface area contributed by atoms with Crippen LogP contribution in [0.25, 0.3) is 32.9 Å². The number of halogens is 1. The van der Waals surface area contributed by atoms with Crippen LogP contribution < -0.4 is 0 Å². The number of H-pyrrole nitrogens is 1. The van der Waals surface area contributed by atoms with Crippen LogP contribution in [-0.4, -0.2) is 20.5 Å². The van der Waals surface area contributed by atoms with Gasteiger partial charge in [-0.05, 0) is 42.8 Å². The van der Waals surface area contributed by atoms with Crippen LogP contribution in [-0.2, 0) is 11.3 Å². The van der Waals surface area contributed by atoms with Gasteiger partial charge in [0.2, 0.25) is 0 Å². The monoisotopic (exact) mass is 321 g/mol. The Hall–Kier alpha value is -2.95. The minimum Gasteiger partial charge on any atom is -0.360 e. The maximum absolute atomic E-state index is 13.3. The summed E-state index contributed by atoms with van der Waals surface area (Å²) in [6, 6.07) is 10.8. The fourth-order valence-electron chi connectivity index (χ4n) is 2.97. The minimum atomic E-state index is -0.252. The van der Waals surface area contributed by atoms with Gasteiger partial charge in [-0.2, -0.15) is 5.10 Å². The fraction of sp³-hybridized carbons (Fsp3) is 0.158. The van der Waals surface area contributed by atoms with E-state index in [4.69, 9.17) is 0 Å². The number of hydrogen-bond acceptors (Lipinski definition) is 2. The quantitative estimate of drug-likeness (QED) is 0.609. The molecule has 0 unspecified atom stereocenters. The lowest BCUT2D eigenvalue weighted by atomic mass is 10.0. The molecule has 0 atom stereocenters. The second-order valence-electron chi connectivity index (χ2n) is 6.01. The van der Waals surface area contributed by atoms with Crippen LogP contribution in [0.3, 0.4) is 0 Å². The maximum Gasteiger partial charge on any atom is 0.131 e. The first kappa shape index (κ1) is 14.6. The van der Waals surface area contributed by atoms with Crippen LogP contribution in [0, 0.1) is 5.82 Å². The summed E-state index contributed by atoms with van der Waals surface area (Å²) in [6.07, 6.45) is 4.33. The van der Waals surface area contributed by atoms with Gasteiger partial charge in [0.1, 0.15) is 11.6 Å². The standard InChI is InChI=1S/C19H16FN3O/c1-12(24)6-7-23-11-14-8-13(2-5-18(14)22-23)17-10-21-19-9-15(20)3-4-16(17)19/h2-5,8-11,21H,6-7H2,1H3. The van der Waals surface area contributed by atoms with E-state index in [-0.39, 0.29) is 11.6 Å². The van der Waals surface area contributed by atoms with Gasteiger partial charge in [0.05, 0.1) is 5.52 Å². The number of hydrogen-bond donors (Lipinski definition) is 1. The molecule has 0 aliphatic heterocycles. The zero-order valence-corrected chi connectivity index (χ0v) is 13.2. The van der Waals surface area contributed by atoms with Gasteiger partial charge in [0.15, 0.2) is 0 Å². The Balaban J connectivity index is 1.74. The highest BCUT2D eigenvalue weighted by Gasteiger charge is 2.09. The molecule has 1 N–H and O–H groups in total. The van der Waals surface area contributed by atoms with Crippen molar-refractivity contribution in [3.63, 3.8) is 0 Å². The van der Waals surface area contributed by atoms with Crippen molar-refractivity contribution in [2.75, 3.05) is 0 Å². The van der Waals surface area contributed by atoms with Crippen molar-refractivity contribution >= 4 is 27.6 Å². The summed E-state index contributed by atoms with van der Waals surface area (Å²) in [7, 11) is 0. The first-order valence-electron chi connectivity index (χ1n) is 7.84. The van der Waals surface area contributed by atoms with Crippen LogP contribution in [0.5, 0.6) is 0 Å². The van der Waals surface area contributed by atoms with Crippen molar-refractivity contribution < 1.29 is 9.18 Å². The molecule has 2 heterocycles. The third-order valence-corrected chi connectivity index (χ3v) is 4.20. The van der Waals surface area contributed by atoms with E-state index in [2.05, 4.69) is 16.1 Å². The Kier molecular flexibility index (Phi) is 3.41. The van der Waals surface area contributed by atoms with Crippen molar-refractivity contribution in [2.45, 2.75) is 19.9 Å². The van der Waals surface area contributed by atoms with Crippen LogP contribution >= 0.6 is 0 Å².